The number of hydrogen-bond donors (Lipinski definition) is 1. The molecule has 4 rings (SSSR count). The van der Waals surface area contributed by atoms with Crippen molar-refractivity contribution in [1.29, 1.82) is 0 Å². The van der Waals surface area contributed by atoms with Gasteiger partial charge < -0.3 is 9.80 Å². The van der Waals surface area contributed by atoms with Crippen LogP contribution in [0.5, 0.6) is 0 Å². The number of aromatic amines is 1. The van der Waals surface area contributed by atoms with Crippen molar-refractivity contribution < 1.29 is 18.0 Å². The predicted octanol–water partition coefficient (Wildman–Crippen LogP) is 3.64. The molecule has 1 fully saturated rings. The summed E-state index contributed by atoms with van der Waals surface area (Å²) in [5.74, 6) is 0.0926. The van der Waals surface area contributed by atoms with Crippen LogP contribution in [0.25, 0.3) is 11.3 Å². The number of nitrogens with one attached hydrogen (secondary N) is 1. The number of amides is 1. The van der Waals surface area contributed by atoms with Crippen molar-refractivity contribution in [2.75, 3.05) is 25.0 Å². The van der Waals surface area contributed by atoms with Gasteiger partial charge in [-0.1, -0.05) is 0 Å². The van der Waals surface area contributed by atoms with Gasteiger partial charge in [0, 0.05) is 44.1 Å². The lowest BCUT2D eigenvalue weighted by Gasteiger charge is -2.37. The maximum atomic E-state index is 13.1. The lowest BCUT2D eigenvalue weighted by atomic mass is 10.0. The van der Waals surface area contributed by atoms with Crippen molar-refractivity contribution in [3.05, 3.63) is 53.1 Å². The third-order valence-electron chi connectivity index (χ3n) is 6.24. The molecule has 0 radical (unpaired) electrons. The first-order valence-corrected chi connectivity index (χ1v) is 10.6. The molecule has 4 heterocycles. The molecule has 33 heavy (non-hydrogen) atoms. The van der Waals surface area contributed by atoms with Crippen molar-refractivity contribution in [1.82, 2.24) is 30.3 Å². The molecule has 1 aliphatic heterocycles. The van der Waals surface area contributed by atoms with E-state index in [1.807, 2.05) is 31.1 Å². The van der Waals surface area contributed by atoms with E-state index in [-0.39, 0.29) is 6.04 Å². The van der Waals surface area contributed by atoms with Crippen molar-refractivity contribution in [3.63, 3.8) is 0 Å². The Hall–Kier alpha value is -3.50. The summed E-state index contributed by atoms with van der Waals surface area (Å²) in [6.45, 7) is 5.24. The predicted molar refractivity (Wildman–Crippen MR) is 116 cm³/mol. The third-order valence-corrected chi connectivity index (χ3v) is 6.24. The smallest absolute Gasteiger partial charge is 0.355 e. The number of halogens is 3. The second-order valence-corrected chi connectivity index (χ2v) is 8.15. The third kappa shape index (κ3) is 4.39. The van der Waals surface area contributed by atoms with Crippen LogP contribution >= 0.6 is 0 Å². The summed E-state index contributed by atoms with van der Waals surface area (Å²) in [4.78, 5) is 20.2. The van der Waals surface area contributed by atoms with E-state index in [2.05, 4.69) is 25.2 Å². The van der Waals surface area contributed by atoms with Crippen LogP contribution < -0.4 is 4.90 Å². The molecule has 1 aliphatic rings. The molecule has 3 aromatic rings. The minimum Gasteiger partial charge on any atom is -0.355 e. The van der Waals surface area contributed by atoms with Gasteiger partial charge in [0.05, 0.1) is 17.5 Å². The molecule has 3 aromatic heterocycles. The molecule has 0 unspecified atom stereocenters. The van der Waals surface area contributed by atoms with Crippen LogP contribution in [0.4, 0.5) is 19.0 Å². The summed E-state index contributed by atoms with van der Waals surface area (Å²) in [6, 6.07) is 3.59. The molecule has 0 saturated carbocycles. The highest BCUT2D eigenvalue weighted by molar-refractivity contribution is 5.95. The zero-order valence-corrected chi connectivity index (χ0v) is 18.5. The van der Waals surface area contributed by atoms with Crippen molar-refractivity contribution in [2.24, 2.45) is 0 Å². The first-order valence-electron chi connectivity index (χ1n) is 10.6. The van der Waals surface area contributed by atoms with Gasteiger partial charge >= 0.3 is 6.18 Å². The fourth-order valence-electron chi connectivity index (χ4n) is 4.16. The molecule has 1 amide bonds. The van der Waals surface area contributed by atoms with E-state index in [1.165, 1.54) is 11.9 Å². The van der Waals surface area contributed by atoms with Gasteiger partial charge in [0.2, 0.25) is 0 Å². The summed E-state index contributed by atoms with van der Waals surface area (Å²) < 4.78 is 39.4. The Morgan fingerprint density at radius 2 is 1.79 bits per heavy atom. The van der Waals surface area contributed by atoms with E-state index in [1.54, 1.807) is 12.4 Å². The van der Waals surface area contributed by atoms with Crippen LogP contribution in [0.3, 0.4) is 0 Å². The van der Waals surface area contributed by atoms with Crippen molar-refractivity contribution >= 4 is 11.7 Å². The number of aromatic nitrogens is 5. The zero-order valence-electron chi connectivity index (χ0n) is 18.5. The number of hydrogen-bond acceptors (Lipinski definition) is 6. The second kappa shape index (κ2) is 8.80. The molecule has 174 valence electrons. The second-order valence-electron chi connectivity index (χ2n) is 8.15. The van der Waals surface area contributed by atoms with Gasteiger partial charge in [-0.2, -0.15) is 18.3 Å². The molecule has 0 aromatic carbocycles. The summed E-state index contributed by atoms with van der Waals surface area (Å²) in [6.07, 6.45) is 0.902. The van der Waals surface area contributed by atoms with Crippen molar-refractivity contribution in [3.8, 4) is 11.3 Å². The molecular weight excluding hydrogens is 435 g/mol. The number of piperidine rings is 1. The normalized spacial score (nSPS) is 15.0. The average Bonchev–Trinajstić information content (AvgIpc) is 3.31. The standard InChI is InChI=1S/C22H24F3N7O/c1-13-14(2)20(30-28-18(13)15-4-8-26-9-5-15)32-10-6-16(7-11-32)31(3)21(33)17-12-27-29-19(17)22(23,24)25/h4-5,8-9,12,16H,6-7,10-11H2,1-3H3,(H,27,29). The Labute approximate surface area is 188 Å². The highest BCUT2D eigenvalue weighted by Crippen LogP contribution is 2.32. The highest BCUT2D eigenvalue weighted by Gasteiger charge is 2.39. The number of H-pyrrole nitrogens is 1. The number of anilines is 1. The number of nitrogens with zero attached hydrogens (tertiary/aromatic N) is 6. The average molecular weight is 459 g/mol. The molecule has 8 nitrogen and oxygen atoms in total. The summed E-state index contributed by atoms with van der Waals surface area (Å²) in [5.41, 5.74) is 2.22. The highest BCUT2D eigenvalue weighted by atomic mass is 19.4. The molecule has 0 atom stereocenters. The summed E-state index contributed by atoms with van der Waals surface area (Å²) >= 11 is 0. The van der Waals surface area contributed by atoms with E-state index in [0.717, 1.165) is 34.4 Å². The Kier molecular flexibility index (Phi) is 6.05. The van der Waals surface area contributed by atoms with E-state index in [4.69, 9.17) is 0 Å². The van der Waals surface area contributed by atoms with E-state index in [9.17, 15) is 18.0 Å². The van der Waals surface area contributed by atoms with Crippen LogP contribution in [-0.2, 0) is 6.18 Å². The SMILES string of the molecule is Cc1c(-c2ccncc2)nnc(N2CCC(N(C)C(=O)c3cn[nH]c3C(F)(F)F)CC2)c1C. The van der Waals surface area contributed by atoms with Gasteiger partial charge in [0.1, 0.15) is 0 Å². The first-order chi connectivity index (χ1) is 15.7. The van der Waals surface area contributed by atoms with E-state index in [0.29, 0.717) is 25.9 Å². The monoisotopic (exact) mass is 459 g/mol. The largest absolute Gasteiger partial charge is 0.433 e. The lowest BCUT2D eigenvalue weighted by molar-refractivity contribution is -0.141. The fraction of sp³-hybridized carbons (Fsp3) is 0.409. The Morgan fingerprint density at radius 3 is 2.42 bits per heavy atom. The number of carbonyl (C=O) groups excluding carboxylic acids is 1. The molecule has 0 spiro atoms. The molecular formula is C22H24F3N7O. The maximum Gasteiger partial charge on any atom is 0.433 e. The molecule has 1 N–H and O–H groups in total. The van der Waals surface area contributed by atoms with Crippen LogP contribution in [0, 0.1) is 13.8 Å². The van der Waals surface area contributed by atoms with Crippen LogP contribution in [0.15, 0.2) is 30.7 Å². The topological polar surface area (TPSA) is 90.9 Å². The van der Waals surface area contributed by atoms with Gasteiger partial charge in [-0.05, 0) is 49.9 Å². The lowest BCUT2D eigenvalue weighted by Crippen LogP contribution is -2.46. The Bertz CT molecular complexity index is 1140. The number of alkyl halides is 3. The number of rotatable bonds is 4. The minimum atomic E-state index is -4.66. The molecule has 1 saturated heterocycles. The van der Waals surface area contributed by atoms with Crippen LogP contribution in [0.1, 0.15) is 40.0 Å². The molecule has 11 heteroatoms. The molecule has 0 aliphatic carbocycles. The Balaban J connectivity index is 1.46. The quantitative estimate of drug-likeness (QED) is 0.641. The van der Waals surface area contributed by atoms with Gasteiger partial charge in [0.25, 0.3) is 5.91 Å². The van der Waals surface area contributed by atoms with E-state index >= 15 is 0 Å². The number of carbonyl (C=O) groups is 1. The van der Waals surface area contributed by atoms with Crippen LogP contribution in [0.2, 0.25) is 0 Å². The van der Waals surface area contributed by atoms with Crippen molar-refractivity contribution in [2.45, 2.75) is 38.9 Å². The van der Waals surface area contributed by atoms with Gasteiger partial charge in [-0.25, -0.2) is 0 Å². The maximum absolute atomic E-state index is 13.1. The first kappa shape index (κ1) is 22.7. The van der Waals surface area contributed by atoms with Crippen LogP contribution in [-0.4, -0.2) is 62.4 Å². The fourth-order valence-corrected chi connectivity index (χ4v) is 4.16. The Morgan fingerprint density at radius 1 is 1.12 bits per heavy atom. The zero-order chi connectivity index (χ0) is 23.8. The number of pyridine rings is 1. The summed E-state index contributed by atoms with van der Waals surface area (Å²) in [5, 5.41) is 14.2. The minimum absolute atomic E-state index is 0.185. The summed E-state index contributed by atoms with van der Waals surface area (Å²) in [7, 11) is 1.54. The van der Waals surface area contributed by atoms with Gasteiger partial charge in [-0.15, -0.1) is 10.2 Å². The van der Waals surface area contributed by atoms with E-state index < -0.39 is 23.3 Å². The molecule has 0 bridgehead atoms. The van der Waals surface area contributed by atoms with Gasteiger partial charge in [-0.3, -0.25) is 14.9 Å². The van der Waals surface area contributed by atoms with Gasteiger partial charge in [0.15, 0.2) is 11.5 Å².